The maximum Gasteiger partial charge on any atom is 0.294 e. The van der Waals surface area contributed by atoms with E-state index in [1.165, 1.54) is 0 Å². The number of phenolic OH excluding ortho intramolecular Hbond substituents is 1. The zero-order chi connectivity index (χ0) is 15.3. The number of alkyl halides is 2. The number of benzene rings is 1. The second kappa shape index (κ2) is 6.93. The summed E-state index contributed by atoms with van der Waals surface area (Å²) in [5.41, 5.74) is 0.0756. The molecular weight excluding hydrogens is 298 g/mol. The Morgan fingerprint density at radius 3 is 2.50 bits per heavy atom. The van der Waals surface area contributed by atoms with Crippen molar-refractivity contribution in [2.45, 2.75) is 30.5 Å². The van der Waals surface area contributed by atoms with Crippen molar-refractivity contribution in [3.05, 3.63) is 23.8 Å². The summed E-state index contributed by atoms with van der Waals surface area (Å²) in [6, 6.07) is 3.08. The Labute approximate surface area is 114 Å². The highest BCUT2D eigenvalue weighted by atomic mass is 32.2. The van der Waals surface area contributed by atoms with E-state index in [0.717, 1.165) is 18.2 Å². The Morgan fingerprint density at radius 2 is 1.95 bits per heavy atom. The summed E-state index contributed by atoms with van der Waals surface area (Å²) in [5.74, 6) is -0.258. The zero-order valence-corrected chi connectivity index (χ0v) is 11.1. The molecule has 0 saturated heterocycles. The summed E-state index contributed by atoms with van der Waals surface area (Å²) in [6.07, 6.45) is -4.96. The van der Waals surface area contributed by atoms with Crippen LogP contribution in [0.15, 0.2) is 23.1 Å². The average Bonchev–Trinajstić information content (AvgIpc) is 2.34. The van der Waals surface area contributed by atoms with Crippen molar-refractivity contribution in [2.24, 2.45) is 0 Å². The third-order valence-corrected chi connectivity index (χ3v) is 3.30. The monoisotopic (exact) mass is 312 g/mol. The normalized spacial score (nSPS) is 13.7. The summed E-state index contributed by atoms with van der Waals surface area (Å²) >= 11 is 0. The first-order valence-electron chi connectivity index (χ1n) is 5.55. The Hall–Kier alpha value is -1.29. The summed E-state index contributed by atoms with van der Waals surface area (Å²) < 4.78 is 59.6. The van der Waals surface area contributed by atoms with Crippen molar-refractivity contribution in [1.82, 2.24) is 0 Å². The molecule has 0 spiro atoms. The maximum atomic E-state index is 12.0. The number of halogens is 2. The Kier molecular flexibility index (Phi) is 5.81. The largest absolute Gasteiger partial charge is 0.508 e. The van der Waals surface area contributed by atoms with Gasteiger partial charge < -0.3 is 14.9 Å². The second-order valence-electron chi connectivity index (χ2n) is 4.01. The van der Waals surface area contributed by atoms with Gasteiger partial charge in [0.05, 0.1) is 11.5 Å². The fourth-order valence-electron chi connectivity index (χ4n) is 1.35. The molecule has 1 atom stereocenters. The first-order valence-corrected chi connectivity index (χ1v) is 6.99. The Morgan fingerprint density at radius 1 is 1.30 bits per heavy atom. The molecule has 0 aliphatic carbocycles. The van der Waals surface area contributed by atoms with Gasteiger partial charge in [0.15, 0.2) is 0 Å². The number of aliphatic hydroxyl groups excluding tert-OH is 1. The van der Waals surface area contributed by atoms with Crippen LogP contribution in [0.1, 0.15) is 12.0 Å². The predicted octanol–water partition coefficient (Wildman–Crippen LogP) is 1.17. The standard InChI is InChI=1S/C11H14F2O6S/c12-11(13)10(15)3-4-19-6-7-5-8(20(16,17)18)1-2-9(7)14/h1-2,5,10-11,14-15H,3-4,6H2,(H,16,17,18). The van der Waals surface area contributed by atoms with E-state index in [1.54, 1.807) is 0 Å². The molecule has 0 heterocycles. The summed E-state index contributed by atoms with van der Waals surface area (Å²) in [6.45, 7) is -0.438. The minimum absolute atomic E-state index is 0.0756. The summed E-state index contributed by atoms with van der Waals surface area (Å²) in [7, 11) is -4.40. The van der Waals surface area contributed by atoms with Crippen molar-refractivity contribution in [1.29, 1.82) is 0 Å². The number of hydrogen-bond acceptors (Lipinski definition) is 5. The molecule has 9 heteroatoms. The molecule has 1 aromatic carbocycles. The van der Waals surface area contributed by atoms with E-state index in [0.29, 0.717) is 0 Å². The second-order valence-corrected chi connectivity index (χ2v) is 5.43. The molecule has 6 nitrogen and oxygen atoms in total. The molecular formula is C11H14F2O6S. The van der Waals surface area contributed by atoms with Crippen LogP contribution in [0.4, 0.5) is 8.78 Å². The van der Waals surface area contributed by atoms with Gasteiger partial charge in [-0.3, -0.25) is 4.55 Å². The molecule has 0 radical (unpaired) electrons. The molecule has 0 aromatic heterocycles. The van der Waals surface area contributed by atoms with E-state index in [1.807, 2.05) is 0 Å². The van der Waals surface area contributed by atoms with Gasteiger partial charge in [0.1, 0.15) is 11.9 Å². The van der Waals surface area contributed by atoms with Crippen LogP contribution >= 0.6 is 0 Å². The molecule has 1 rings (SSSR count). The van der Waals surface area contributed by atoms with Crippen LogP contribution in [-0.4, -0.2) is 42.3 Å². The highest BCUT2D eigenvalue weighted by Gasteiger charge is 2.16. The lowest BCUT2D eigenvalue weighted by molar-refractivity contribution is -0.0261. The SMILES string of the molecule is O=S(=O)(O)c1ccc(O)c(COCCC(O)C(F)F)c1. The molecule has 0 bridgehead atoms. The third-order valence-electron chi connectivity index (χ3n) is 2.46. The quantitative estimate of drug-likeness (QED) is 0.516. The maximum absolute atomic E-state index is 12.0. The lowest BCUT2D eigenvalue weighted by Crippen LogP contribution is -2.19. The fraction of sp³-hybridized carbons (Fsp3) is 0.455. The van der Waals surface area contributed by atoms with Crippen LogP contribution in [0.25, 0.3) is 0 Å². The van der Waals surface area contributed by atoms with E-state index in [9.17, 15) is 22.3 Å². The number of ether oxygens (including phenoxy) is 1. The average molecular weight is 312 g/mol. The molecule has 1 unspecified atom stereocenters. The number of hydrogen-bond donors (Lipinski definition) is 3. The lowest BCUT2D eigenvalue weighted by Gasteiger charge is -2.10. The molecule has 20 heavy (non-hydrogen) atoms. The lowest BCUT2D eigenvalue weighted by atomic mass is 10.2. The molecule has 0 fully saturated rings. The van der Waals surface area contributed by atoms with E-state index in [2.05, 4.69) is 0 Å². The Bertz CT molecular complexity index is 546. The number of aromatic hydroxyl groups is 1. The minimum atomic E-state index is -4.40. The third kappa shape index (κ3) is 5.00. The van der Waals surface area contributed by atoms with Crippen LogP contribution in [0.3, 0.4) is 0 Å². The van der Waals surface area contributed by atoms with E-state index >= 15 is 0 Å². The van der Waals surface area contributed by atoms with E-state index in [-0.39, 0.29) is 30.9 Å². The molecule has 0 aliphatic rings. The zero-order valence-electron chi connectivity index (χ0n) is 10.2. The van der Waals surface area contributed by atoms with Gasteiger partial charge >= 0.3 is 0 Å². The van der Waals surface area contributed by atoms with Crippen molar-refractivity contribution in [2.75, 3.05) is 6.61 Å². The van der Waals surface area contributed by atoms with Gasteiger partial charge in [0, 0.05) is 18.6 Å². The van der Waals surface area contributed by atoms with Crippen molar-refractivity contribution in [3.63, 3.8) is 0 Å². The molecule has 0 saturated carbocycles. The molecule has 1 aromatic rings. The van der Waals surface area contributed by atoms with Gasteiger partial charge in [0.2, 0.25) is 0 Å². The number of rotatable bonds is 7. The first kappa shape index (κ1) is 16.8. The van der Waals surface area contributed by atoms with Crippen molar-refractivity contribution >= 4 is 10.1 Å². The van der Waals surface area contributed by atoms with Crippen molar-refractivity contribution < 1.29 is 36.7 Å². The van der Waals surface area contributed by atoms with Gasteiger partial charge in [-0.1, -0.05) is 0 Å². The van der Waals surface area contributed by atoms with Crippen LogP contribution in [0.5, 0.6) is 5.75 Å². The summed E-state index contributed by atoms with van der Waals surface area (Å²) in [5, 5.41) is 18.3. The van der Waals surface area contributed by atoms with Gasteiger partial charge in [-0.25, -0.2) is 8.78 Å². The first-order chi connectivity index (χ1) is 9.21. The van der Waals surface area contributed by atoms with Gasteiger partial charge in [-0.05, 0) is 18.2 Å². The highest BCUT2D eigenvalue weighted by Crippen LogP contribution is 2.22. The smallest absolute Gasteiger partial charge is 0.294 e. The van der Waals surface area contributed by atoms with Crippen LogP contribution < -0.4 is 0 Å². The van der Waals surface area contributed by atoms with E-state index < -0.39 is 27.5 Å². The van der Waals surface area contributed by atoms with Gasteiger partial charge in [-0.15, -0.1) is 0 Å². The van der Waals surface area contributed by atoms with Gasteiger partial charge in [-0.2, -0.15) is 8.42 Å². The van der Waals surface area contributed by atoms with Crippen LogP contribution in [0, 0.1) is 0 Å². The highest BCUT2D eigenvalue weighted by molar-refractivity contribution is 7.85. The van der Waals surface area contributed by atoms with Crippen LogP contribution in [0.2, 0.25) is 0 Å². The molecule has 0 amide bonds. The number of phenols is 1. The predicted molar refractivity (Wildman–Crippen MR) is 64.2 cm³/mol. The minimum Gasteiger partial charge on any atom is -0.508 e. The molecule has 0 aliphatic heterocycles. The Balaban J connectivity index is 2.60. The van der Waals surface area contributed by atoms with Gasteiger partial charge in [0.25, 0.3) is 16.5 Å². The topological polar surface area (TPSA) is 104 Å². The van der Waals surface area contributed by atoms with Crippen molar-refractivity contribution in [3.8, 4) is 5.75 Å². The van der Waals surface area contributed by atoms with Crippen LogP contribution in [-0.2, 0) is 21.5 Å². The summed E-state index contributed by atoms with van der Waals surface area (Å²) in [4.78, 5) is -0.415. The molecule has 3 N–H and O–H groups in total. The van der Waals surface area contributed by atoms with E-state index in [4.69, 9.17) is 14.4 Å². The molecule has 114 valence electrons. The fourth-order valence-corrected chi connectivity index (χ4v) is 1.88. The number of aliphatic hydroxyl groups is 1.